The maximum atomic E-state index is 13.0. The van der Waals surface area contributed by atoms with Gasteiger partial charge in [0.05, 0.1) is 11.5 Å². The molecule has 1 fully saturated rings. The highest BCUT2D eigenvalue weighted by molar-refractivity contribution is 7.91. The molecule has 1 atom stereocenters. The lowest BCUT2D eigenvalue weighted by Gasteiger charge is -2.29. The Morgan fingerprint density at radius 2 is 1.90 bits per heavy atom. The Balaban J connectivity index is 1.77. The van der Waals surface area contributed by atoms with Gasteiger partial charge in [-0.25, -0.2) is 8.42 Å². The van der Waals surface area contributed by atoms with Gasteiger partial charge < -0.3 is 9.64 Å². The van der Waals surface area contributed by atoms with Gasteiger partial charge in [-0.15, -0.1) is 0 Å². The number of halogens is 3. The smallest absolute Gasteiger partial charge is 0.261 e. The summed E-state index contributed by atoms with van der Waals surface area (Å²) in [5.41, 5.74) is 1.53. The predicted octanol–water partition coefficient (Wildman–Crippen LogP) is 4.55. The normalized spacial score (nSPS) is 17.9. The molecular weight excluding hydrogens is 457 g/mol. The highest BCUT2D eigenvalue weighted by atomic mass is 35.5. The highest BCUT2D eigenvalue weighted by Gasteiger charge is 2.35. The van der Waals surface area contributed by atoms with Crippen molar-refractivity contribution in [3.05, 3.63) is 62.6 Å². The minimum absolute atomic E-state index is 0.0625. The number of hydrogen-bond donors (Lipinski definition) is 0. The first kappa shape index (κ1) is 22.2. The van der Waals surface area contributed by atoms with E-state index in [2.05, 4.69) is 0 Å². The van der Waals surface area contributed by atoms with Crippen molar-refractivity contribution in [3.8, 4) is 5.75 Å². The second-order valence-electron chi connectivity index (χ2n) is 7.01. The van der Waals surface area contributed by atoms with Crippen LogP contribution in [0.25, 0.3) is 0 Å². The number of carbonyl (C=O) groups is 1. The standard InChI is InChI=1S/C20H20Cl3NO4S/c1-13-8-17(4-5-18(13)22)28-11-20(25)24(16-6-7-29(26,27)12-16)10-14-2-3-15(21)9-19(14)23/h2-5,8-9,16H,6-7,10-12H2,1H3/t16-/m1/s1. The van der Waals surface area contributed by atoms with E-state index in [1.165, 1.54) is 4.90 Å². The molecule has 0 spiro atoms. The van der Waals surface area contributed by atoms with Gasteiger partial charge in [0.15, 0.2) is 16.4 Å². The first-order valence-corrected chi connectivity index (χ1v) is 11.9. The van der Waals surface area contributed by atoms with Crippen molar-refractivity contribution in [1.29, 1.82) is 0 Å². The SMILES string of the molecule is Cc1cc(OCC(=O)N(Cc2ccc(Cl)cc2Cl)[C@@H]2CCS(=O)(=O)C2)ccc1Cl. The minimum atomic E-state index is -3.16. The van der Waals surface area contributed by atoms with Gasteiger partial charge >= 0.3 is 0 Å². The fraction of sp³-hybridized carbons (Fsp3) is 0.350. The van der Waals surface area contributed by atoms with Crippen LogP contribution in [0.4, 0.5) is 0 Å². The van der Waals surface area contributed by atoms with Crippen LogP contribution in [0, 0.1) is 6.92 Å². The van der Waals surface area contributed by atoms with E-state index in [1.54, 1.807) is 36.4 Å². The number of aryl methyl sites for hydroxylation is 1. The molecule has 29 heavy (non-hydrogen) atoms. The molecule has 0 bridgehead atoms. The average Bonchev–Trinajstić information content (AvgIpc) is 3.01. The van der Waals surface area contributed by atoms with Crippen LogP contribution >= 0.6 is 34.8 Å². The van der Waals surface area contributed by atoms with Crippen molar-refractivity contribution >= 4 is 50.5 Å². The Hall–Kier alpha value is -1.47. The van der Waals surface area contributed by atoms with Crippen LogP contribution in [0.2, 0.25) is 15.1 Å². The molecule has 1 aliphatic heterocycles. The monoisotopic (exact) mass is 475 g/mol. The Bertz CT molecular complexity index is 1030. The fourth-order valence-electron chi connectivity index (χ4n) is 3.21. The van der Waals surface area contributed by atoms with E-state index in [1.807, 2.05) is 6.92 Å². The Labute approximate surface area is 185 Å². The van der Waals surface area contributed by atoms with Gasteiger partial charge in [-0.05, 0) is 54.8 Å². The third-order valence-corrected chi connectivity index (χ3v) is 7.58. The number of rotatable bonds is 6. The van der Waals surface area contributed by atoms with Gasteiger partial charge in [0, 0.05) is 27.7 Å². The van der Waals surface area contributed by atoms with E-state index in [-0.39, 0.29) is 30.6 Å². The summed E-state index contributed by atoms with van der Waals surface area (Å²) in [5.74, 6) is 0.200. The summed E-state index contributed by atoms with van der Waals surface area (Å²) in [7, 11) is -3.16. The number of hydrogen-bond acceptors (Lipinski definition) is 4. The van der Waals surface area contributed by atoms with E-state index in [0.29, 0.717) is 32.8 Å². The number of sulfone groups is 1. The fourth-order valence-corrected chi connectivity index (χ4v) is 5.53. The molecule has 1 heterocycles. The summed E-state index contributed by atoms with van der Waals surface area (Å²) in [4.78, 5) is 14.5. The third kappa shape index (κ3) is 5.79. The van der Waals surface area contributed by atoms with Gasteiger partial charge in [0.2, 0.25) is 0 Å². The molecule has 2 aromatic rings. The van der Waals surface area contributed by atoms with E-state index in [9.17, 15) is 13.2 Å². The van der Waals surface area contributed by atoms with Crippen LogP contribution in [0.1, 0.15) is 17.5 Å². The zero-order valence-electron chi connectivity index (χ0n) is 15.7. The molecule has 156 valence electrons. The highest BCUT2D eigenvalue weighted by Crippen LogP contribution is 2.26. The van der Waals surface area contributed by atoms with Crippen LogP contribution in [-0.2, 0) is 21.2 Å². The summed E-state index contributed by atoms with van der Waals surface area (Å²) in [6.07, 6.45) is 0.388. The lowest BCUT2D eigenvalue weighted by atomic mass is 10.1. The van der Waals surface area contributed by atoms with E-state index in [0.717, 1.165) is 5.56 Å². The zero-order valence-corrected chi connectivity index (χ0v) is 18.8. The molecule has 2 aromatic carbocycles. The Morgan fingerprint density at radius 1 is 1.14 bits per heavy atom. The average molecular weight is 477 g/mol. The van der Waals surface area contributed by atoms with E-state index >= 15 is 0 Å². The summed E-state index contributed by atoms with van der Waals surface area (Å²) in [6.45, 7) is 1.80. The zero-order chi connectivity index (χ0) is 21.2. The summed E-state index contributed by atoms with van der Waals surface area (Å²) in [6, 6.07) is 9.72. The molecule has 0 radical (unpaired) electrons. The molecule has 0 N–H and O–H groups in total. The second kappa shape index (κ2) is 9.13. The summed E-state index contributed by atoms with van der Waals surface area (Å²) < 4.78 is 29.5. The van der Waals surface area contributed by atoms with Gasteiger partial charge in [-0.2, -0.15) is 0 Å². The van der Waals surface area contributed by atoms with Crippen molar-refractivity contribution < 1.29 is 17.9 Å². The number of amides is 1. The Morgan fingerprint density at radius 3 is 2.52 bits per heavy atom. The predicted molar refractivity (Wildman–Crippen MR) is 116 cm³/mol. The molecule has 0 saturated carbocycles. The molecule has 0 aliphatic carbocycles. The van der Waals surface area contributed by atoms with Crippen LogP contribution in [0.5, 0.6) is 5.75 Å². The molecule has 9 heteroatoms. The molecule has 1 aliphatic rings. The number of ether oxygens (including phenoxy) is 1. The van der Waals surface area contributed by atoms with Crippen molar-refractivity contribution in [2.75, 3.05) is 18.1 Å². The second-order valence-corrected chi connectivity index (χ2v) is 10.5. The lowest BCUT2D eigenvalue weighted by Crippen LogP contribution is -2.43. The molecule has 3 rings (SSSR count). The van der Waals surface area contributed by atoms with Crippen LogP contribution in [0.15, 0.2) is 36.4 Å². The topological polar surface area (TPSA) is 63.7 Å². The summed E-state index contributed by atoms with van der Waals surface area (Å²) in [5, 5.41) is 1.52. The quantitative estimate of drug-likeness (QED) is 0.613. The minimum Gasteiger partial charge on any atom is -0.484 e. The molecular formula is C20H20Cl3NO4S. The number of nitrogens with zero attached hydrogens (tertiary/aromatic N) is 1. The van der Waals surface area contributed by atoms with Gasteiger partial charge in [-0.1, -0.05) is 40.9 Å². The third-order valence-electron chi connectivity index (χ3n) is 4.82. The van der Waals surface area contributed by atoms with E-state index in [4.69, 9.17) is 39.5 Å². The van der Waals surface area contributed by atoms with Crippen LogP contribution < -0.4 is 4.74 Å². The number of benzene rings is 2. The van der Waals surface area contributed by atoms with Crippen molar-refractivity contribution in [2.24, 2.45) is 0 Å². The Kier molecular flexibility index (Phi) is 6.99. The largest absolute Gasteiger partial charge is 0.484 e. The molecule has 1 amide bonds. The molecule has 1 saturated heterocycles. The van der Waals surface area contributed by atoms with Crippen molar-refractivity contribution in [2.45, 2.75) is 25.9 Å². The van der Waals surface area contributed by atoms with Crippen molar-refractivity contribution in [1.82, 2.24) is 4.90 Å². The van der Waals surface area contributed by atoms with Crippen LogP contribution in [-0.4, -0.2) is 43.4 Å². The van der Waals surface area contributed by atoms with Crippen molar-refractivity contribution in [3.63, 3.8) is 0 Å². The maximum absolute atomic E-state index is 13.0. The maximum Gasteiger partial charge on any atom is 0.261 e. The van der Waals surface area contributed by atoms with E-state index < -0.39 is 15.9 Å². The van der Waals surface area contributed by atoms with Gasteiger partial charge in [0.1, 0.15) is 5.75 Å². The number of carbonyl (C=O) groups excluding carboxylic acids is 1. The summed E-state index contributed by atoms with van der Waals surface area (Å²) >= 11 is 18.2. The first-order chi connectivity index (χ1) is 13.6. The molecule has 0 aromatic heterocycles. The molecule has 5 nitrogen and oxygen atoms in total. The molecule has 0 unspecified atom stereocenters. The van der Waals surface area contributed by atoms with Gasteiger partial charge in [-0.3, -0.25) is 4.79 Å². The first-order valence-electron chi connectivity index (χ1n) is 8.97. The van der Waals surface area contributed by atoms with Crippen LogP contribution in [0.3, 0.4) is 0 Å². The van der Waals surface area contributed by atoms with Gasteiger partial charge in [0.25, 0.3) is 5.91 Å². The lowest BCUT2D eigenvalue weighted by molar-refractivity contribution is -0.136.